The lowest BCUT2D eigenvalue weighted by Gasteiger charge is -2.29. The van der Waals surface area contributed by atoms with E-state index in [0.717, 1.165) is 10.6 Å². The Kier molecular flexibility index (Phi) is 5.01. The second-order valence-electron chi connectivity index (χ2n) is 6.48. The van der Waals surface area contributed by atoms with Crippen molar-refractivity contribution in [1.82, 2.24) is 14.8 Å². The Morgan fingerprint density at radius 3 is 2.43 bits per heavy atom. The van der Waals surface area contributed by atoms with Gasteiger partial charge < -0.3 is 5.11 Å². The van der Waals surface area contributed by atoms with E-state index in [4.69, 9.17) is 11.6 Å². The molecule has 0 spiro atoms. The molecule has 0 aliphatic rings. The van der Waals surface area contributed by atoms with Gasteiger partial charge in [0.2, 0.25) is 0 Å². The van der Waals surface area contributed by atoms with E-state index in [-0.39, 0.29) is 17.4 Å². The maximum absolute atomic E-state index is 10.4. The lowest BCUT2D eigenvalue weighted by atomic mass is 9.81. The number of aliphatic hydroxyl groups is 1. The van der Waals surface area contributed by atoms with E-state index in [9.17, 15) is 5.11 Å². The first-order valence-corrected chi connectivity index (χ1v) is 7.50. The van der Waals surface area contributed by atoms with Gasteiger partial charge in [0.1, 0.15) is 12.7 Å². The summed E-state index contributed by atoms with van der Waals surface area (Å²) >= 11 is 5.96. The van der Waals surface area contributed by atoms with E-state index >= 15 is 0 Å². The summed E-state index contributed by atoms with van der Waals surface area (Å²) in [6.45, 7) is 6.83. The zero-order valence-corrected chi connectivity index (χ0v) is 13.5. The van der Waals surface area contributed by atoms with Crippen LogP contribution in [0.3, 0.4) is 0 Å². The third kappa shape index (κ3) is 4.55. The molecule has 4 nitrogen and oxygen atoms in total. The minimum atomic E-state index is -0.387. The number of hydrogen-bond donors (Lipinski definition) is 1. The Labute approximate surface area is 130 Å². The molecule has 0 bridgehead atoms. The monoisotopic (exact) mass is 307 g/mol. The molecule has 0 saturated heterocycles. The molecule has 2 aromatic rings. The molecule has 2 unspecified atom stereocenters. The average molecular weight is 308 g/mol. The average Bonchev–Trinajstić information content (AvgIpc) is 2.90. The Morgan fingerprint density at radius 1 is 1.24 bits per heavy atom. The number of halogens is 1. The van der Waals surface area contributed by atoms with Gasteiger partial charge in [0.25, 0.3) is 0 Å². The highest BCUT2D eigenvalue weighted by Gasteiger charge is 2.26. The Balaban J connectivity index is 2.19. The van der Waals surface area contributed by atoms with Crippen LogP contribution in [-0.2, 0) is 6.54 Å². The van der Waals surface area contributed by atoms with Gasteiger partial charge in [0, 0.05) is 17.5 Å². The molecule has 0 aliphatic carbocycles. The molecule has 21 heavy (non-hydrogen) atoms. The summed E-state index contributed by atoms with van der Waals surface area (Å²) in [5, 5.41) is 15.3. The van der Waals surface area contributed by atoms with Crippen molar-refractivity contribution >= 4 is 11.6 Å². The van der Waals surface area contributed by atoms with E-state index in [1.165, 1.54) is 6.33 Å². The maximum Gasteiger partial charge on any atom is 0.137 e. The molecule has 0 amide bonds. The number of hydrogen-bond acceptors (Lipinski definition) is 3. The van der Waals surface area contributed by atoms with E-state index in [1.54, 1.807) is 11.0 Å². The molecule has 1 heterocycles. The molecule has 0 fully saturated rings. The van der Waals surface area contributed by atoms with Crippen LogP contribution >= 0.6 is 11.6 Å². The van der Waals surface area contributed by atoms with Crippen molar-refractivity contribution in [2.75, 3.05) is 0 Å². The highest BCUT2D eigenvalue weighted by molar-refractivity contribution is 6.30. The molecule has 1 aromatic heterocycles. The predicted molar refractivity (Wildman–Crippen MR) is 84.3 cm³/mol. The smallest absolute Gasteiger partial charge is 0.137 e. The number of nitrogens with zero attached hydrogens (tertiary/aromatic N) is 3. The van der Waals surface area contributed by atoms with Gasteiger partial charge in [0.05, 0.1) is 6.10 Å². The van der Waals surface area contributed by atoms with Gasteiger partial charge in [-0.25, -0.2) is 4.98 Å². The van der Waals surface area contributed by atoms with E-state index in [1.807, 2.05) is 45.0 Å². The molecule has 2 rings (SSSR count). The van der Waals surface area contributed by atoms with E-state index in [2.05, 4.69) is 10.1 Å². The molecular formula is C16H22ClN3O. The van der Waals surface area contributed by atoms with Gasteiger partial charge >= 0.3 is 0 Å². The summed E-state index contributed by atoms with van der Waals surface area (Å²) < 4.78 is 1.80. The lowest BCUT2D eigenvalue weighted by molar-refractivity contribution is 0.0474. The van der Waals surface area contributed by atoms with Crippen molar-refractivity contribution in [2.45, 2.75) is 45.8 Å². The second kappa shape index (κ2) is 6.58. The molecule has 1 aromatic carbocycles. The SMILES string of the molecule is CC(C)(C)C(O)CC(Cn1cncn1)c1ccc(Cl)cc1. The topological polar surface area (TPSA) is 50.9 Å². The lowest BCUT2D eigenvalue weighted by Crippen LogP contribution is -2.29. The highest BCUT2D eigenvalue weighted by Crippen LogP contribution is 2.31. The number of aliphatic hydroxyl groups excluding tert-OH is 1. The molecule has 5 heteroatoms. The third-order valence-electron chi connectivity index (χ3n) is 3.72. The largest absolute Gasteiger partial charge is 0.393 e. The molecule has 0 saturated carbocycles. The van der Waals surface area contributed by atoms with E-state index in [0.29, 0.717) is 13.0 Å². The third-order valence-corrected chi connectivity index (χ3v) is 3.97. The van der Waals surface area contributed by atoms with Gasteiger partial charge in [-0.2, -0.15) is 5.10 Å². The van der Waals surface area contributed by atoms with Crippen molar-refractivity contribution in [2.24, 2.45) is 5.41 Å². The Hall–Kier alpha value is -1.39. The van der Waals surface area contributed by atoms with E-state index < -0.39 is 0 Å². The Morgan fingerprint density at radius 2 is 1.90 bits per heavy atom. The van der Waals surface area contributed by atoms with Gasteiger partial charge in [-0.1, -0.05) is 44.5 Å². The Bertz CT molecular complexity index is 546. The first kappa shape index (κ1) is 16.0. The summed E-state index contributed by atoms with van der Waals surface area (Å²) in [7, 11) is 0. The molecule has 0 radical (unpaired) electrons. The fraction of sp³-hybridized carbons (Fsp3) is 0.500. The second-order valence-corrected chi connectivity index (χ2v) is 6.92. The summed E-state index contributed by atoms with van der Waals surface area (Å²) in [6, 6.07) is 7.79. The molecule has 2 atom stereocenters. The first-order valence-electron chi connectivity index (χ1n) is 7.12. The molecule has 0 aliphatic heterocycles. The number of benzene rings is 1. The summed E-state index contributed by atoms with van der Waals surface area (Å²) in [5.41, 5.74) is 1.01. The van der Waals surface area contributed by atoms with Gasteiger partial charge in [-0.05, 0) is 29.5 Å². The van der Waals surface area contributed by atoms with Crippen molar-refractivity contribution in [1.29, 1.82) is 0 Å². The van der Waals surface area contributed by atoms with Gasteiger partial charge in [-0.15, -0.1) is 0 Å². The highest BCUT2D eigenvalue weighted by atomic mass is 35.5. The van der Waals surface area contributed by atoms with Crippen LogP contribution in [0.4, 0.5) is 0 Å². The van der Waals surface area contributed by atoms with Crippen LogP contribution in [0.25, 0.3) is 0 Å². The summed E-state index contributed by atoms with van der Waals surface area (Å²) in [6.07, 6.45) is 3.51. The molecule has 114 valence electrons. The van der Waals surface area contributed by atoms with Crippen molar-refractivity contribution < 1.29 is 5.11 Å². The predicted octanol–water partition coefficient (Wildman–Crippen LogP) is 3.51. The number of rotatable bonds is 5. The van der Waals surface area contributed by atoms with Crippen LogP contribution in [-0.4, -0.2) is 26.0 Å². The van der Waals surface area contributed by atoms with Crippen molar-refractivity contribution in [3.63, 3.8) is 0 Å². The summed E-state index contributed by atoms with van der Waals surface area (Å²) in [4.78, 5) is 3.98. The summed E-state index contributed by atoms with van der Waals surface area (Å²) in [5.74, 6) is 0.165. The maximum atomic E-state index is 10.4. The van der Waals surface area contributed by atoms with Gasteiger partial charge in [0.15, 0.2) is 0 Å². The van der Waals surface area contributed by atoms with Crippen molar-refractivity contribution in [3.8, 4) is 0 Å². The van der Waals surface area contributed by atoms with Crippen LogP contribution in [0, 0.1) is 5.41 Å². The normalized spacial score (nSPS) is 14.9. The number of aromatic nitrogens is 3. The van der Waals surface area contributed by atoms with Crippen LogP contribution < -0.4 is 0 Å². The zero-order valence-electron chi connectivity index (χ0n) is 12.7. The molecule has 1 N–H and O–H groups in total. The van der Waals surface area contributed by atoms with Crippen LogP contribution in [0.1, 0.15) is 38.7 Å². The minimum Gasteiger partial charge on any atom is -0.393 e. The van der Waals surface area contributed by atoms with Crippen LogP contribution in [0.2, 0.25) is 5.02 Å². The van der Waals surface area contributed by atoms with Gasteiger partial charge in [-0.3, -0.25) is 4.68 Å². The fourth-order valence-electron chi connectivity index (χ4n) is 2.23. The quantitative estimate of drug-likeness (QED) is 0.919. The zero-order chi connectivity index (χ0) is 15.5. The standard InChI is InChI=1S/C16H22ClN3O/c1-16(2,3)15(21)8-13(9-20-11-18-10-19-20)12-4-6-14(17)7-5-12/h4-7,10-11,13,15,21H,8-9H2,1-3H3. The molecular weight excluding hydrogens is 286 g/mol. The van der Waals surface area contributed by atoms with Crippen LogP contribution in [0.5, 0.6) is 0 Å². The van der Waals surface area contributed by atoms with Crippen LogP contribution in [0.15, 0.2) is 36.9 Å². The fourth-order valence-corrected chi connectivity index (χ4v) is 2.35. The minimum absolute atomic E-state index is 0.146. The first-order chi connectivity index (χ1) is 9.86. The van der Waals surface area contributed by atoms with Crippen molar-refractivity contribution in [3.05, 3.63) is 47.5 Å².